The van der Waals surface area contributed by atoms with Gasteiger partial charge in [-0.05, 0) is 37.9 Å². The first-order valence-electron chi connectivity index (χ1n) is 9.91. The second-order valence-corrected chi connectivity index (χ2v) is 7.82. The standard InChI is InChI=1S/C19H36N2S/c22-19(21-18-15-11-8-12-16-18)20-17-13-9-6-4-2-1-3-5-7-10-14-17/h17-18H,1-16H2,(H2,20,21,22). The summed E-state index contributed by atoms with van der Waals surface area (Å²) in [5.41, 5.74) is 0. The molecule has 0 bridgehead atoms. The van der Waals surface area contributed by atoms with Crippen molar-refractivity contribution in [2.75, 3.05) is 0 Å². The zero-order valence-electron chi connectivity index (χ0n) is 14.4. The van der Waals surface area contributed by atoms with E-state index in [1.165, 1.54) is 103 Å². The van der Waals surface area contributed by atoms with Crippen LogP contribution in [0, 0.1) is 0 Å². The van der Waals surface area contributed by atoms with Crippen LogP contribution in [0.2, 0.25) is 0 Å². The number of hydrogen-bond acceptors (Lipinski definition) is 1. The summed E-state index contributed by atoms with van der Waals surface area (Å²) in [5, 5.41) is 8.13. The SMILES string of the molecule is S=C(NC1CCCCCCCCCCC1)NC1CCCCC1. The van der Waals surface area contributed by atoms with Crippen LogP contribution in [0.15, 0.2) is 0 Å². The van der Waals surface area contributed by atoms with E-state index in [2.05, 4.69) is 10.6 Å². The summed E-state index contributed by atoms with van der Waals surface area (Å²) in [5.74, 6) is 0. The lowest BCUT2D eigenvalue weighted by Crippen LogP contribution is -2.46. The van der Waals surface area contributed by atoms with Crippen molar-refractivity contribution >= 4 is 17.3 Å². The van der Waals surface area contributed by atoms with E-state index in [0.717, 1.165) is 5.11 Å². The van der Waals surface area contributed by atoms with Gasteiger partial charge in [0, 0.05) is 12.1 Å². The van der Waals surface area contributed by atoms with Crippen molar-refractivity contribution in [3.8, 4) is 0 Å². The highest BCUT2D eigenvalue weighted by Gasteiger charge is 2.16. The fourth-order valence-corrected chi connectivity index (χ4v) is 4.30. The molecule has 2 N–H and O–H groups in total. The topological polar surface area (TPSA) is 24.1 Å². The first-order valence-corrected chi connectivity index (χ1v) is 10.3. The molecule has 0 heterocycles. The summed E-state index contributed by atoms with van der Waals surface area (Å²) in [7, 11) is 0. The number of thiocarbonyl (C=S) groups is 1. The van der Waals surface area contributed by atoms with Gasteiger partial charge in [0.25, 0.3) is 0 Å². The zero-order chi connectivity index (χ0) is 15.5. The average molecular weight is 325 g/mol. The van der Waals surface area contributed by atoms with Gasteiger partial charge >= 0.3 is 0 Å². The quantitative estimate of drug-likeness (QED) is 0.660. The molecule has 2 aliphatic rings. The molecule has 2 saturated carbocycles. The van der Waals surface area contributed by atoms with Crippen LogP contribution >= 0.6 is 12.2 Å². The molecule has 128 valence electrons. The summed E-state index contributed by atoms with van der Waals surface area (Å²) >= 11 is 5.58. The molecule has 0 amide bonds. The highest BCUT2D eigenvalue weighted by molar-refractivity contribution is 7.80. The van der Waals surface area contributed by atoms with Gasteiger partial charge < -0.3 is 10.6 Å². The highest BCUT2D eigenvalue weighted by Crippen LogP contribution is 2.18. The molecule has 0 aromatic heterocycles. The Labute approximate surface area is 143 Å². The van der Waals surface area contributed by atoms with Crippen LogP contribution in [0.1, 0.15) is 103 Å². The van der Waals surface area contributed by atoms with Gasteiger partial charge in [-0.2, -0.15) is 0 Å². The van der Waals surface area contributed by atoms with Crippen molar-refractivity contribution in [1.29, 1.82) is 0 Å². The Morgan fingerprint density at radius 1 is 0.500 bits per heavy atom. The lowest BCUT2D eigenvalue weighted by atomic mass is 9.95. The van der Waals surface area contributed by atoms with Crippen molar-refractivity contribution in [3.05, 3.63) is 0 Å². The molecule has 2 fully saturated rings. The smallest absolute Gasteiger partial charge is 0.166 e. The maximum Gasteiger partial charge on any atom is 0.166 e. The van der Waals surface area contributed by atoms with Crippen LogP contribution in [0.3, 0.4) is 0 Å². The molecule has 3 heteroatoms. The van der Waals surface area contributed by atoms with E-state index < -0.39 is 0 Å². The van der Waals surface area contributed by atoms with Crippen LogP contribution in [-0.2, 0) is 0 Å². The van der Waals surface area contributed by atoms with E-state index in [9.17, 15) is 0 Å². The molecule has 0 atom stereocenters. The van der Waals surface area contributed by atoms with E-state index in [4.69, 9.17) is 12.2 Å². The first kappa shape index (κ1) is 18.0. The van der Waals surface area contributed by atoms with Gasteiger partial charge in [0.05, 0.1) is 0 Å². The van der Waals surface area contributed by atoms with Gasteiger partial charge in [-0.15, -0.1) is 0 Å². The van der Waals surface area contributed by atoms with Gasteiger partial charge in [0.15, 0.2) is 5.11 Å². The lowest BCUT2D eigenvalue weighted by molar-refractivity contribution is 0.403. The van der Waals surface area contributed by atoms with Crippen molar-refractivity contribution in [1.82, 2.24) is 10.6 Å². The van der Waals surface area contributed by atoms with Gasteiger partial charge in [-0.3, -0.25) is 0 Å². The Morgan fingerprint density at radius 3 is 1.14 bits per heavy atom. The molecule has 2 aliphatic carbocycles. The third-order valence-electron chi connectivity index (χ3n) is 5.38. The Balaban J connectivity index is 1.70. The molecule has 0 saturated heterocycles. The van der Waals surface area contributed by atoms with Gasteiger partial charge in [0.2, 0.25) is 0 Å². The first-order chi connectivity index (χ1) is 10.8. The van der Waals surface area contributed by atoms with Crippen LogP contribution in [0.4, 0.5) is 0 Å². The summed E-state index contributed by atoms with van der Waals surface area (Å²) < 4.78 is 0. The molecule has 0 aromatic carbocycles. The number of nitrogens with one attached hydrogen (secondary N) is 2. The molecule has 0 spiro atoms. The third kappa shape index (κ3) is 7.80. The Morgan fingerprint density at radius 2 is 0.773 bits per heavy atom. The average Bonchev–Trinajstić information content (AvgIpc) is 2.51. The van der Waals surface area contributed by atoms with Crippen molar-refractivity contribution in [2.45, 2.75) is 115 Å². The summed E-state index contributed by atoms with van der Waals surface area (Å²) in [6.45, 7) is 0. The summed E-state index contributed by atoms with van der Waals surface area (Å²) in [4.78, 5) is 0. The Kier molecular flexibility index (Phi) is 9.23. The lowest BCUT2D eigenvalue weighted by Gasteiger charge is -2.27. The highest BCUT2D eigenvalue weighted by atomic mass is 32.1. The van der Waals surface area contributed by atoms with E-state index in [1.807, 2.05) is 0 Å². The molecule has 0 radical (unpaired) electrons. The maximum atomic E-state index is 5.58. The van der Waals surface area contributed by atoms with Crippen molar-refractivity contribution in [2.24, 2.45) is 0 Å². The van der Waals surface area contributed by atoms with Crippen LogP contribution in [0.5, 0.6) is 0 Å². The van der Waals surface area contributed by atoms with Crippen LogP contribution < -0.4 is 10.6 Å². The van der Waals surface area contributed by atoms with E-state index in [0.29, 0.717) is 12.1 Å². The fraction of sp³-hybridized carbons (Fsp3) is 0.947. The Hall–Kier alpha value is -0.310. The van der Waals surface area contributed by atoms with Crippen LogP contribution in [-0.4, -0.2) is 17.2 Å². The normalized spacial score (nSPS) is 24.0. The molecular weight excluding hydrogens is 288 g/mol. The molecule has 2 rings (SSSR count). The van der Waals surface area contributed by atoms with Gasteiger partial charge in [-0.25, -0.2) is 0 Å². The van der Waals surface area contributed by atoms with E-state index >= 15 is 0 Å². The molecule has 22 heavy (non-hydrogen) atoms. The summed E-state index contributed by atoms with van der Waals surface area (Å²) in [6.07, 6.45) is 22.1. The molecule has 2 nitrogen and oxygen atoms in total. The minimum absolute atomic E-state index is 0.600. The second kappa shape index (κ2) is 11.3. The van der Waals surface area contributed by atoms with E-state index in [-0.39, 0.29) is 0 Å². The second-order valence-electron chi connectivity index (χ2n) is 7.41. The van der Waals surface area contributed by atoms with Gasteiger partial charge in [-0.1, -0.05) is 77.0 Å². The van der Waals surface area contributed by atoms with Crippen molar-refractivity contribution < 1.29 is 0 Å². The van der Waals surface area contributed by atoms with E-state index in [1.54, 1.807) is 0 Å². The predicted octanol–water partition coefficient (Wildman–Crippen LogP) is 5.46. The minimum atomic E-state index is 0.600. The van der Waals surface area contributed by atoms with Crippen molar-refractivity contribution in [3.63, 3.8) is 0 Å². The number of hydrogen-bond donors (Lipinski definition) is 2. The summed E-state index contributed by atoms with van der Waals surface area (Å²) in [6, 6.07) is 1.23. The molecule has 0 aliphatic heterocycles. The monoisotopic (exact) mass is 324 g/mol. The van der Waals surface area contributed by atoms with Gasteiger partial charge in [0.1, 0.15) is 0 Å². The predicted molar refractivity (Wildman–Crippen MR) is 100 cm³/mol. The largest absolute Gasteiger partial charge is 0.360 e. The zero-order valence-corrected chi connectivity index (χ0v) is 15.2. The number of rotatable bonds is 2. The molecule has 0 unspecified atom stereocenters. The fourth-order valence-electron chi connectivity index (χ4n) is 3.97. The molecule has 0 aromatic rings. The minimum Gasteiger partial charge on any atom is -0.360 e. The maximum absolute atomic E-state index is 5.58. The third-order valence-corrected chi connectivity index (χ3v) is 5.62. The van der Waals surface area contributed by atoms with Crippen LogP contribution in [0.25, 0.3) is 0 Å². The Bertz CT molecular complexity index is 288. The molecular formula is C19H36N2S.